The Morgan fingerprint density at radius 3 is 2.17 bits per heavy atom. The molecular weight excluding hydrogens is 308 g/mol. The van der Waals surface area contributed by atoms with E-state index in [0.717, 1.165) is 5.56 Å². The van der Waals surface area contributed by atoms with Gasteiger partial charge in [0, 0.05) is 0 Å². The summed E-state index contributed by atoms with van der Waals surface area (Å²) in [4.78, 5) is 12.1. The molecule has 0 saturated heterocycles. The van der Waals surface area contributed by atoms with Crippen LogP contribution in [-0.4, -0.2) is 20.0 Å². The molecule has 0 amide bonds. The fraction of sp³-hybridized carbons (Fsp3) is 0.211. The van der Waals surface area contributed by atoms with E-state index in [9.17, 15) is 13.2 Å². The summed E-state index contributed by atoms with van der Waals surface area (Å²) in [6.45, 7) is 4.23. The highest BCUT2D eigenvalue weighted by molar-refractivity contribution is 7.92. The molecule has 0 radical (unpaired) electrons. The SMILES string of the molecule is CC(C)c1ccc(C=CC(=O)CS(=O)(=O)c2ccccc2)cc1. The van der Waals surface area contributed by atoms with Crippen LogP contribution in [0.25, 0.3) is 6.08 Å². The fourth-order valence-corrected chi connectivity index (χ4v) is 3.34. The molecule has 0 spiro atoms. The molecule has 2 aromatic carbocycles. The lowest BCUT2D eigenvalue weighted by atomic mass is 10.0. The molecule has 0 bridgehead atoms. The highest BCUT2D eigenvalue weighted by atomic mass is 32.2. The summed E-state index contributed by atoms with van der Waals surface area (Å²) in [6, 6.07) is 15.9. The molecule has 0 fully saturated rings. The van der Waals surface area contributed by atoms with Crippen LogP contribution in [0.3, 0.4) is 0 Å². The third-order valence-corrected chi connectivity index (χ3v) is 5.15. The van der Waals surface area contributed by atoms with Crippen molar-refractivity contribution in [3.63, 3.8) is 0 Å². The number of hydrogen-bond donors (Lipinski definition) is 0. The van der Waals surface area contributed by atoms with E-state index in [2.05, 4.69) is 13.8 Å². The van der Waals surface area contributed by atoms with Crippen LogP contribution < -0.4 is 0 Å². The van der Waals surface area contributed by atoms with Crippen molar-refractivity contribution in [3.05, 3.63) is 71.8 Å². The zero-order valence-corrected chi connectivity index (χ0v) is 14.1. The molecule has 0 aromatic heterocycles. The van der Waals surface area contributed by atoms with E-state index in [-0.39, 0.29) is 4.90 Å². The first-order chi connectivity index (χ1) is 10.9. The quantitative estimate of drug-likeness (QED) is 0.757. The minimum absolute atomic E-state index is 0.169. The number of allylic oxidation sites excluding steroid dienone is 1. The molecule has 0 saturated carbocycles. The number of carbonyl (C=O) groups excluding carboxylic acids is 1. The summed E-state index contributed by atoms with van der Waals surface area (Å²) in [5.41, 5.74) is 2.10. The van der Waals surface area contributed by atoms with Crippen molar-refractivity contribution in [3.8, 4) is 0 Å². The Morgan fingerprint density at radius 1 is 1.00 bits per heavy atom. The Kier molecular flexibility index (Phi) is 5.50. The van der Waals surface area contributed by atoms with Gasteiger partial charge in [-0.2, -0.15) is 0 Å². The first kappa shape index (κ1) is 17.2. The highest BCUT2D eigenvalue weighted by Gasteiger charge is 2.17. The smallest absolute Gasteiger partial charge is 0.185 e. The lowest BCUT2D eigenvalue weighted by molar-refractivity contribution is -0.112. The largest absolute Gasteiger partial charge is 0.294 e. The number of rotatable bonds is 6. The molecule has 4 heteroatoms. The van der Waals surface area contributed by atoms with Gasteiger partial charge in [0.05, 0.1) is 4.90 Å². The minimum atomic E-state index is -3.58. The maximum atomic E-state index is 12.1. The van der Waals surface area contributed by atoms with Gasteiger partial charge in [-0.1, -0.05) is 62.4 Å². The van der Waals surface area contributed by atoms with Crippen LogP contribution >= 0.6 is 0 Å². The van der Waals surface area contributed by atoms with Crippen LogP contribution in [0.1, 0.15) is 30.9 Å². The maximum absolute atomic E-state index is 12.1. The van der Waals surface area contributed by atoms with Crippen molar-refractivity contribution in [2.45, 2.75) is 24.7 Å². The monoisotopic (exact) mass is 328 g/mol. The maximum Gasteiger partial charge on any atom is 0.185 e. The normalized spacial score (nSPS) is 12.0. The first-order valence-electron chi connectivity index (χ1n) is 7.47. The summed E-state index contributed by atoms with van der Waals surface area (Å²) >= 11 is 0. The predicted octanol–water partition coefficient (Wildman–Crippen LogP) is 3.87. The molecule has 120 valence electrons. The van der Waals surface area contributed by atoms with Gasteiger partial charge in [0.15, 0.2) is 15.6 Å². The van der Waals surface area contributed by atoms with Crippen LogP contribution in [0.4, 0.5) is 0 Å². The Balaban J connectivity index is 2.04. The molecule has 23 heavy (non-hydrogen) atoms. The van der Waals surface area contributed by atoms with Gasteiger partial charge < -0.3 is 0 Å². The van der Waals surface area contributed by atoms with E-state index >= 15 is 0 Å². The van der Waals surface area contributed by atoms with E-state index in [4.69, 9.17) is 0 Å². The van der Waals surface area contributed by atoms with Gasteiger partial charge in [-0.15, -0.1) is 0 Å². The molecule has 0 aliphatic heterocycles. The second-order valence-electron chi connectivity index (χ2n) is 5.69. The highest BCUT2D eigenvalue weighted by Crippen LogP contribution is 2.15. The zero-order valence-electron chi connectivity index (χ0n) is 13.3. The minimum Gasteiger partial charge on any atom is -0.294 e. The van der Waals surface area contributed by atoms with E-state index in [1.165, 1.54) is 23.8 Å². The Labute approximate surface area is 137 Å². The summed E-state index contributed by atoms with van der Waals surface area (Å²) in [5.74, 6) is -0.495. The van der Waals surface area contributed by atoms with Crippen LogP contribution in [0.2, 0.25) is 0 Å². The third kappa shape index (κ3) is 4.89. The van der Waals surface area contributed by atoms with Gasteiger partial charge in [-0.25, -0.2) is 8.42 Å². The second-order valence-corrected chi connectivity index (χ2v) is 7.68. The number of hydrogen-bond acceptors (Lipinski definition) is 3. The molecule has 0 atom stereocenters. The topological polar surface area (TPSA) is 51.2 Å². The summed E-state index contributed by atoms with van der Waals surface area (Å²) in [7, 11) is -3.58. The van der Waals surface area contributed by atoms with E-state index in [0.29, 0.717) is 5.92 Å². The molecule has 0 N–H and O–H groups in total. The van der Waals surface area contributed by atoms with Gasteiger partial charge in [-0.3, -0.25) is 4.79 Å². The Bertz CT molecular complexity index is 786. The van der Waals surface area contributed by atoms with E-state index in [1.807, 2.05) is 24.3 Å². The first-order valence-corrected chi connectivity index (χ1v) is 9.12. The number of ketones is 1. The average Bonchev–Trinajstić information content (AvgIpc) is 2.54. The van der Waals surface area contributed by atoms with Crippen LogP contribution in [0.5, 0.6) is 0 Å². The van der Waals surface area contributed by atoms with Crippen LogP contribution in [-0.2, 0) is 14.6 Å². The fourth-order valence-electron chi connectivity index (χ4n) is 2.13. The molecule has 2 aromatic rings. The van der Waals surface area contributed by atoms with Crippen molar-refractivity contribution in [1.82, 2.24) is 0 Å². The van der Waals surface area contributed by atoms with Gasteiger partial charge in [-0.05, 0) is 35.3 Å². The van der Waals surface area contributed by atoms with Crippen molar-refractivity contribution < 1.29 is 13.2 Å². The van der Waals surface area contributed by atoms with Crippen LogP contribution in [0.15, 0.2) is 65.6 Å². The Morgan fingerprint density at radius 2 is 1.61 bits per heavy atom. The number of sulfone groups is 1. The third-order valence-electron chi connectivity index (χ3n) is 3.50. The Hall–Kier alpha value is -2.20. The van der Waals surface area contributed by atoms with E-state index < -0.39 is 21.4 Å². The van der Waals surface area contributed by atoms with Crippen molar-refractivity contribution in [1.29, 1.82) is 0 Å². The number of benzene rings is 2. The molecule has 0 heterocycles. The molecular formula is C19H20O3S. The van der Waals surface area contributed by atoms with E-state index in [1.54, 1.807) is 24.3 Å². The molecule has 0 aliphatic rings. The molecule has 2 rings (SSSR count). The summed E-state index contributed by atoms with van der Waals surface area (Å²) in [5, 5.41) is 0. The average molecular weight is 328 g/mol. The summed E-state index contributed by atoms with van der Waals surface area (Å²) < 4.78 is 24.2. The van der Waals surface area contributed by atoms with Crippen molar-refractivity contribution >= 4 is 21.7 Å². The number of carbonyl (C=O) groups is 1. The lowest BCUT2D eigenvalue weighted by Gasteiger charge is -2.04. The second kappa shape index (κ2) is 7.38. The predicted molar refractivity (Wildman–Crippen MR) is 93.1 cm³/mol. The van der Waals surface area contributed by atoms with Gasteiger partial charge >= 0.3 is 0 Å². The summed E-state index contributed by atoms with van der Waals surface area (Å²) in [6.07, 6.45) is 2.97. The van der Waals surface area contributed by atoms with Gasteiger partial charge in [0.1, 0.15) is 5.75 Å². The molecule has 0 unspecified atom stereocenters. The molecule has 3 nitrogen and oxygen atoms in total. The molecule has 0 aliphatic carbocycles. The van der Waals surface area contributed by atoms with Crippen molar-refractivity contribution in [2.24, 2.45) is 0 Å². The zero-order chi connectivity index (χ0) is 16.9. The van der Waals surface area contributed by atoms with Crippen molar-refractivity contribution in [2.75, 3.05) is 5.75 Å². The van der Waals surface area contributed by atoms with Gasteiger partial charge in [0.25, 0.3) is 0 Å². The lowest BCUT2D eigenvalue weighted by Crippen LogP contribution is -2.14. The van der Waals surface area contributed by atoms with Gasteiger partial charge in [0.2, 0.25) is 0 Å². The standard InChI is InChI=1S/C19H20O3S/c1-15(2)17-11-8-16(9-12-17)10-13-18(20)14-23(21,22)19-6-4-3-5-7-19/h3-13,15H,14H2,1-2H3. The van der Waals surface area contributed by atoms with Crippen LogP contribution in [0, 0.1) is 0 Å².